The normalized spacial score (nSPS) is 10.6. The summed E-state index contributed by atoms with van der Waals surface area (Å²) in [6.45, 7) is 3.88. The van der Waals surface area contributed by atoms with Crippen molar-refractivity contribution in [2.45, 2.75) is 20.4 Å². The first kappa shape index (κ1) is 13.9. The summed E-state index contributed by atoms with van der Waals surface area (Å²) in [6, 6.07) is 2.36. The molecule has 6 nitrogen and oxygen atoms in total. The number of halogens is 1. The Labute approximate surface area is 114 Å². The molecule has 0 fully saturated rings. The largest absolute Gasteiger partial charge is 0.398 e. The van der Waals surface area contributed by atoms with E-state index < -0.39 is 11.7 Å². The van der Waals surface area contributed by atoms with E-state index in [9.17, 15) is 9.18 Å². The van der Waals surface area contributed by atoms with Crippen LogP contribution in [0.1, 0.15) is 27.4 Å². The molecule has 1 heterocycles. The Kier molecular flexibility index (Phi) is 3.60. The van der Waals surface area contributed by atoms with Crippen molar-refractivity contribution in [1.82, 2.24) is 5.16 Å². The van der Waals surface area contributed by atoms with Gasteiger partial charge in [-0.1, -0.05) is 5.16 Å². The fourth-order valence-electron chi connectivity index (χ4n) is 1.88. The van der Waals surface area contributed by atoms with Crippen molar-refractivity contribution < 1.29 is 13.7 Å². The van der Waals surface area contributed by atoms with Gasteiger partial charge in [0.1, 0.15) is 11.6 Å². The molecule has 0 saturated carbocycles. The number of amides is 1. The summed E-state index contributed by atoms with van der Waals surface area (Å²) in [7, 11) is 0. The lowest BCUT2D eigenvalue weighted by Gasteiger charge is -2.10. The predicted octanol–water partition coefficient (Wildman–Crippen LogP) is 1.72. The highest BCUT2D eigenvalue weighted by Gasteiger charge is 2.13. The van der Waals surface area contributed by atoms with Gasteiger partial charge in [-0.3, -0.25) is 4.79 Å². The van der Waals surface area contributed by atoms with Gasteiger partial charge in [0.05, 0.1) is 16.9 Å². The second kappa shape index (κ2) is 5.20. The fourth-order valence-corrected chi connectivity index (χ4v) is 1.88. The molecule has 7 heteroatoms. The number of carbonyl (C=O) groups is 1. The molecular weight excluding hydrogens is 263 g/mol. The molecule has 0 aliphatic heterocycles. The first-order valence-electron chi connectivity index (χ1n) is 5.94. The minimum Gasteiger partial charge on any atom is -0.398 e. The molecule has 0 unspecified atom stereocenters. The third-order valence-electron chi connectivity index (χ3n) is 3.04. The average Bonchev–Trinajstić information content (AvgIpc) is 2.68. The van der Waals surface area contributed by atoms with Crippen LogP contribution < -0.4 is 16.8 Å². The molecule has 20 heavy (non-hydrogen) atoms. The second-order valence-electron chi connectivity index (χ2n) is 4.44. The van der Waals surface area contributed by atoms with Gasteiger partial charge in [0, 0.05) is 17.8 Å². The summed E-state index contributed by atoms with van der Waals surface area (Å²) < 4.78 is 18.8. The van der Waals surface area contributed by atoms with Crippen LogP contribution in [0.5, 0.6) is 0 Å². The summed E-state index contributed by atoms with van der Waals surface area (Å²) in [5, 5.41) is 6.69. The van der Waals surface area contributed by atoms with Crippen LogP contribution in [-0.2, 0) is 6.54 Å². The van der Waals surface area contributed by atoms with Gasteiger partial charge in [0.25, 0.3) is 5.91 Å². The molecule has 106 valence electrons. The summed E-state index contributed by atoms with van der Waals surface area (Å²) in [5.41, 5.74) is 12.5. The van der Waals surface area contributed by atoms with Crippen molar-refractivity contribution in [1.29, 1.82) is 0 Å². The van der Waals surface area contributed by atoms with Crippen molar-refractivity contribution in [3.05, 3.63) is 40.5 Å². The fraction of sp³-hybridized carbons (Fsp3) is 0.231. The minimum atomic E-state index is -0.706. The zero-order valence-electron chi connectivity index (χ0n) is 11.2. The quantitative estimate of drug-likeness (QED) is 0.738. The van der Waals surface area contributed by atoms with E-state index in [-0.39, 0.29) is 16.9 Å². The molecule has 2 rings (SSSR count). The SMILES string of the molecule is Cc1noc(C)c1CNc1cc(C(N)=O)c(N)cc1F. The molecule has 0 bridgehead atoms. The molecule has 0 aliphatic carbocycles. The summed E-state index contributed by atoms with van der Waals surface area (Å²) >= 11 is 0. The monoisotopic (exact) mass is 278 g/mol. The topological polar surface area (TPSA) is 107 Å². The van der Waals surface area contributed by atoms with Crippen LogP contribution in [-0.4, -0.2) is 11.1 Å². The Bertz CT molecular complexity index is 647. The molecule has 0 aliphatic rings. The van der Waals surface area contributed by atoms with E-state index in [0.29, 0.717) is 12.3 Å². The van der Waals surface area contributed by atoms with Crippen LogP contribution in [0.2, 0.25) is 0 Å². The first-order chi connectivity index (χ1) is 9.40. The highest BCUT2D eigenvalue weighted by Crippen LogP contribution is 2.23. The molecular formula is C13H15FN4O2. The van der Waals surface area contributed by atoms with Gasteiger partial charge in [0.2, 0.25) is 0 Å². The van der Waals surface area contributed by atoms with Crippen LogP contribution >= 0.6 is 0 Å². The Morgan fingerprint density at radius 3 is 2.70 bits per heavy atom. The third kappa shape index (κ3) is 2.56. The smallest absolute Gasteiger partial charge is 0.250 e. The number of benzene rings is 1. The number of anilines is 2. The number of hydrogen-bond donors (Lipinski definition) is 3. The molecule has 0 radical (unpaired) electrons. The molecule has 1 amide bonds. The third-order valence-corrected chi connectivity index (χ3v) is 3.04. The highest BCUT2D eigenvalue weighted by atomic mass is 19.1. The zero-order chi connectivity index (χ0) is 14.9. The maximum Gasteiger partial charge on any atom is 0.250 e. The van der Waals surface area contributed by atoms with E-state index in [1.54, 1.807) is 13.8 Å². The molecule has 1 aromatic carbocycles. The van der Waals surface area contributed by atoms with Crippen LogP contribution in [0, 0.1) is 19.7 Å². The van der Waals surface area contributed by atoms with Crippen LogP contribution in [0.3, 0.4) is 0 Å². The lowest BCUT2D eigenvalue weighted by atomic mass is 10.1. The number of nitrogen functional groups attached to an aromatic ring is 1. The van der Waals surface area contributed by atoms with E-state index in [1.807, 2.05) is 0 Å². The van der Waals surface area contributed by atoms with Crippen molar-refractivity contribution >= 4 is 17.3 Å². The first-order valence-corrected chi connectivity index (χ1v) is 5.94. The predicted molar refractivity (Wildman–Crippen MR) is 72.6 cm³/mol. The van der Waals surface area contributed by atoms with Gasteiger partial charge in [-0.2, -0.15) is 0 Å². The molecule has 0 atom stereocenters. The van der Waals surface area contributed by atoms with E-state index >= 15 is 0 Å². The number of aryl methyl sites for hydroxylation is 2. The summed E-state index contributed by atoms with van der Waals surface area (Å²) in [5.74, 6) is -0.608. The van der Waals surface area contributed by atoms with E-state index in [4.69, 9.17) is 16.0 Å². The van der Waals surface area contributed by atoms with Gasteiger partial charge >= 0.3 is 0 Å². The Hall–Kier alpha value is -2.57. The standard InChI is InChI=1S/C13H15FN4O2/c1-6-9(7(2)20-18-6)5-17-12-3-8(13(16)19)11(15)4-10(12)14/h3-4,17H,5,15H2,1-2H3,(H2,16,19). The number of primary amides is 1. The summed E-state index contributed by atoms with van der Waals surface area (Å²) in [6.07, 6.45) is 0. The maximum absolute atomic E-state index is 13.8. The van der Waals surface area contributed by atoms with Crippen LogP contribution in [0.15, 0.2) is 16.7 Å². The van der Waals surface area contributed by atoms with E-state index in [1.165, 1.54) is 6.07 Å². The van der Waals surface area contributed by atoms with Gasteiger partial charge < -0.3 is 21.3 Å². The molecule has 0 saturated heterocycles. The second-order valence-corrected chi connectivity index (χ2v) is 4.44. The summed E-state index contributed by atoms with van der Waals surface area (Å²) in [4.78, 5) is 11.2. The average molecular weight is 278 g/mol. The highest BCUT2D eigenvalue weighted by molar-refractivity contribution is 5.99. The lowest BCUT2D eigenvalue weighted by molar-refractivity contribution is 0.100. The van der Waals surface area contributed by atoms with Gasteiger partial charge in [-0.25, -0.2) is 4.39 Å². The Morgan fingerprint density at radius 1 is 1.45 bits per heavy atom. The number of nitrogens with zero attached hydrogens (tertiary/aromatic N) is 1. The van der Waals surface area contributed by atoms with Crippen molar-refractivity contribution in [3.63, 3.8) is 0 Å². The minimum absolute atomic E-state index is 0.0119. The molecule has 2 aromatic rings. The van der Waals surface area contributed by atoms with Crippen LogP contribution in [0.4, 0.5) is 15.8 Å². The Balaban J connectivity index is 2.26. The number of rotatable bonds is 4. The van der Waals surface area contributed by atoms with E-state index in [2.05, 4.69) is 10.5 Å². The van der Waals surface area contributed by atoms with Gasteiger partial charge in [0.15, 0.2) is 0 Å². The number of carbonyl (C=O) groups excluding carboxylic acids is 1. The number of hydrogen-bond acceptors (Lipinski definition) is 5. The maximum atomic E-state index is 13.8. The molecule has 0 spiro atoms. The number of nitrogens with one attached hydrogen (secondary N) is 1. The van der Waals surface area contributed by atoms with Gasteiger partial charge in [-0.05, 0) is 26.0 Å². The number of aromatic nitrogens is 1. The lowest BCUT2D eigenvalue weighted by Crippen LogP contribution is -2.15. The number of nitrogens with two attached hydrogens (primary N) is 2. The zero-order valence-corrected chi connectivity index (χ0v) is 11.2. The molecule has 1 aromatic heterocycles. The van der Waals surface area contributed by atoms with Crippen LogP contribution in [0.25, 0.3) is 0 Å². The Morgan fingerprint density at radius 2 is 2.15 bits per heavy atom. The molecule has 5 N–H and O–H groups in total. The van der Waals surface area contributed by atoms with Crippen molar-refractivity contribution in [3.8, 4) is 0 Å². The van der Waals surface area contributed by atoms with Crippen molar-refractivity contribution in [2.24, 2.45) is 5.73 Å². The van der Waals surface area contributed by atoms with Gasteiger partial charge in [-0.15, -0.1) is 0 Å². The van der Waals surface area contributed by atoms with Crippen molar-refractivity contribution in [2.75, 3.05) is 11.1 Å². The van der Waals surface area contributed by atoms with E-state index in [0.717, 1.165) is 17.3 Å².